The summed E-state index contributed by atoms with van der Waals surface area (Å²) in [6.07, 6.45) is 4.05. The lowest BCUT2D eigenvalue weighted by Gasteiger charge is -2.40. The van der Waals surface area contributed by atoms with Gasteiger partial charge >= 0.3 is 6.03 Å². The highest BCUT2D eigenvalue weighted by Gasteiger charge is 2.28. The van der Waals surface area contributed by atoms with E-state index in [1.807, 2.05) is 45.0 Å². The van der Waals surface area contributed by atoms with E-state index in [0.717, 1.165) is 75.6 Å². The summed E-state index contributed by atoms with van der Waals surface area (Å²) >= 11 is 0. The van der Waals surface area contributed by atoms with Gasteiger partial charge in [-0.25, -0.2) is 19.2 Å². The minimum Gasteiger partial charge on any atom is -0.372 e. The van der Waals surface area contributed by atoms with Crippen molar-refractivity contribution in [1.82, 2.24) is 40.6 Å². The van der Waals surface area contributed by atoms with Gasteiger partial charge in [-0.1, -0.05) is 44.1 Å². The van der Waals surface area contributed by atoms with E-state index < -0.39 is 23.2 Å². The van der Waals surface area contributed by atoms with Crippen molar-refractivity contribution < 1.29 is 23.3 Å². The van der Waals surface area contributed by atoms with Gasteiger partial charge < -0.3 is 24.6 Å². The summed E-state index contributed by atoms with van der Waals surface area (Å²) in [4.78, 5) is 62.5. The molecule has 0 spiro atoms. The molecule has 4 amide bonds. The van der Waals surface area contributed by atoms with Gasteiger partial charge in [0.05, 0.1) is 11.7 Å². The summed E-state index contributed by atoms with van der Waals surface area (Å²) < 4.78 is 21.5. The number of H-pyrrole nitrogens is 1. The van der Waals surface area contributed by atoms with E-state index in [0.29, 0.717) is 58.2 Å². The van der Waals surface area contributed by atoms with Crippen molar-refractivity contribution in [1.29, 1.82) is 0 Å². The van der Waals surface area contributed by atoms with Crippen LogP contribution in [0.15, 0.2) is 77.6 Å². The quantitative estimate of drug-likeness (QED) is 0.126. The van der Waals surface area contributed by atoms with Crippen molar-refractivity contribution in [3.05, 3.63) is 102 Å². The molecule has 0 saturated carbocycles. The molecule has 6 aromatic rings. The maximum absolute atomic E-state index is 16.2. The second-order valence-corrected chi connectivity index (χ2v) is 18.2. The maximum atomic E-state index is 16.2. The molecule has 1 atom stereocenters. The zero-order valence-electron chi connectivity index (χ0n) is 36.9. The number of amides is 4. The van der Waals surface area contributed by atoms with Crippen LogP contribution in [0.1, 0.15) is 80.6 Å². The van der Waals surface area contributed by atoms with E-state index in [1.54, 1.807) is 24.8 Å². The van der Waals surface area contributed by atoms with Gasteiger partial charge in [0.15, 0.2) is 0 Å². The standard InChI is InChI=1S/C48H54FN11O4/c1-29-36(30(2)52-45(62)44-55-46(64-56-44)48(3,4)5)14-15-37(41(29)49)42-38-26-39(53-43(38)51-28-50-42)32-6-8-33(9-7-32)59-24-22-57(23-25-59)27-31-16-19-58(20-17-31)34-10-12-35(13-11-34)60-21-18-40(61)54-47(60)63/h6-15,26,28,30-31H,16-25,27H2,1-5H3,(H,52,62)(H,50,51,53)(H,54,61,63). The number of halogens is 1. The van der Waals surface area contributed by atoms with Crippen LogP contribution in [0.2, 0.25) is 0 Å². The molecular formula is C48H54FN11O4. The van der Waals surface area contributed by atoms with Crippen molar-refractivity contribution in [2.24, 2.45) is 5.92 Å². The van der Waals surface area contributed by atoms with Gasteiger partial charge in [-0.2, -0.15) is 4.98 Å². The third kappa shape index (κ3) is 8.78. The zero-order valence-corrected chi connectivity index (χ0v) is 36.9. The number of nitrogens with one attached hydrogen (secondary N) is 3. The van der Waals surface area contributed by atoms with Crippen molar-refractivity contribution >= 4 is 45.9 Å². The Morgan fingerprint density at radius 3 is 2.23 bits per heavy atom. The highest BCUT2D eigenvalue weighted by molar-refractivity contribution is 6.05. The van der Waals surface area contributed by atoms with Gasteiger partial charge in [-0.3, -0.25) is 24.7 Å². The van der Waals surface area contributed by atoms with Crippen LogP contribution < -0.4 is 25.3 Å². The van der Waals surface area contributed by atoms with Crippen LogP contribution in [0.25, 0.3) is 33.5 Å². The average molecular weight is 868 g/mol. The molecule has 3 aliphatic rings. The van der Waals surface area contributed by atoms with E-state index in [2.05, 4.69) is 86.8 Å². The Labute approximate surface area is 371 Å². The molecule has 64 heavy (non-hydrogen) atoms. The highest BCUT2D eigenvalue weighted by Crippen LogP contribution is 2.35. The molecular weight excluding hydrogens is 814 g/mol. The monoisotopic (exact) mass is 867 g/mol. The molecule has 9 rings (SSSR count). The summed E-state index contributed by atoms with van der Waals surface area (Å²) in [5.41, 5.74) is 7.09. The first-order valence-electron chi connectivity index (χ1n) is 22.1. The summed E-state index contributed by atoms with van der Waals surface area (Å²) in [5.74, 6) is -0.195. The number of nitrogens with zero attached hydrogens (tertiary/aromatic N) is 8. The van der Waals surface area contributed by atoms with E-state index in [1.165, 1.54) is 17.7 Å². The van der Waals surface area contributed by atoms with Crippen LogP contribution in [0, 0.1) is 18.7 Å². The third-order valence-corrected chi connectivity index (χ3v) is 12.8. The molecule has 3 saturated heterocycles. The topological polar surface area (TPSA) is 169 Å². The minimum atomic E-state index is -0.522. The highest BCUT2D eigenvalue weighted by atomic mass is 19.1. The minimum absolute atomic E-state index is 0.0682. The predicted octanol–water partition coefficient (Wildman–Crippen LogP) is 7.40. The number of benzene rings is 3. The summed E-state index contributed by atoms with van der Waals surface area (Å²) in [7, 11) is 0. The van der Waals surface area contributed by atoms with E-state index >= 15 is 4.39 Å². The van der Waals surface area contributed by atoms with Crippen LogP contribution in [0.5, 0.6) is 0 Å². The van der Waals surface area contributed by atoms with E-state index in [9.17, 15) is 14.4 Å². The zero-order chi connectivity index (χ0) is 44.7. The number of aromatic nitrogens is 5. The molecule has 3 aromatic carbocycles. The molecule has 0 radical (unpaired) electrons. The van der Waals surface area contributed by atoms with Crippen molar-refractivity contribution in [2.45, 2.75) is 65.3 Å². The first-order chi connectivity index (χ1) is 30.8. The molecule has 15 nitrogen and oxygen atoms in total. The number of carbonyl (C=O) groups excluding carboxylic acids is 3. The predicted molar refractivity (Wildman–Crippen MR) is 244 cm³/mol. The molecule has 3 aliphatic heterocycles. The Bertz CT molecular complexity index is 2670. The summed E-state index contributed by atoms with van der Waals surface area (Å²) in [5, 5.41) is 9.81. The lowest BCUT2D eigenvalue weighted by Crippen LogP contribution is -2.49. The Balaban J connectivity index is 0.781. The molecule has 0 aliphatic carbocycles. The van der Waals surface area contributed by atoms with Gasteiger partial charge in [-0.05, 0) is 97.8 Å². The van der Waals surface area contributed by atoms with Gasteiger partial charge in [0.2, 0.25) is 11.8 Å². The number of aromatic amines is 1. The third-order valence-electron chi connectivity index (χ3n) is 12.8. The Morgan fingerprint density at radius 1 is 0.891 bits per heavy atom. The lowest BCUT2D eigenvalue weighted by atomic mass is 9.95. The Hall–Kier alpha value is -6.68. The Kier molecular flexibility index (Phi) is 11.6. The number of urea groups is 1. The normalized spacial score (nSPS) is 17.2. The van der Waals surface area contributed by atoms with Crippen molar-refractivity contribution in [2.75, 3.05) is 67.1 Å². The first kappa shape index (κ1) is 42.6. The molecule has 0 bridgehead atoms. The number of imide groups is 1. The molecule has 6 heterocycles. The van der Waals surface area contributed by atoms with Crippen LogP contribution >= 0.6 is 0 Å². The fourth-order valence-electron chi connectivity index (χ4n) is 9.05. The average Bonchev–Trinajstić information content (AvgIpc) is 3.98. The second-order valence-electron chi connectivity index (χ2n) is 18.2. The molecule has 332 valence electrons. The van der Waals surface area contributed by atoms with Crippen molar-refractivity contribution in [3.8, 4) is 22.5 Å². The molecule has 3 N–H and O–H groups in total. The number of anilines is 3. The fraction of sp³-hybridized carbons (Fsp3) is 0.396. The summed E-state index contributed by atoms with van der Waals surface area (Å²) in [6.45, 7) is 16.7. The van der Waals surface area contributed by atoms with Gasteiger partial charge in [0.25, 0.3) is 11.7 Å². The number of carbonyl (C=O) groups is 3. The maximum Gasteiger partial charge on any atom is 0.328 e. The molecule has 16 heteroatoms. The van der Waals surface area contributed by atoms with E-state index in [-0.39, 0.29) is 17.8 Å². The lowest BCUT2D eigenvalue weighted by molar-refractivity contribution is -0.120. The van der Waals surface area contributed by atoms with Crippen LogP contribution in [0.4, 0.5) is 26.2 Å². The van der Waals surface area contributed by atoms with Crippen LogP contribution in [-0.4, -0.2) is 100 Å². The van der Waals surface area contributed by atoms with Gasteiger partial charge in [-0.15, -0.1) is 0 Å². The SMILES string of the molecule is Cc1c(C(C)NC(=O)c2noc(C(C)(C)C)n2)ccc(-c2ncnc3[nH]c(-c4ccc(N5CCN(CC6CCN(c7ccc(N8CCC(=O)NC8=O)cc7)CC6)CC5)cc4)cc23)c1F. The molecule has 1 unspecified atom stereocenters. The second kappa shape index (κ2) is 17.5. The van der Waals surface area contributed by atoms with Gasteiger partial charge in [0, 0.05) is 97.9 Å². The molecule has 3 aromatic heterocycles. The summed E-state index contributed by atoms with van der Waals surface area (Å²) in [6, 6.07) is 21.3. The smallest absolute Gasteiger partial charge is 0.328 e. The largest absolute Gasteiger partial charge is 0.372 e. The number of fused-ring (bicyclic) bond motifs is 1. The Morgan fingerprint density at radius 2 is 1.56 bits per heavy atom. The van der Waals surface area contributed by atoms with E-state index in [4.69, 9.17) is 4.52 Å². The number of piperidine rings is 1. The van der Waals surface area contributed by atoms with Crippen LogP contribution in [-0.2, 0) is 10.2 Å². The number of piperazine rings is 1. The van der Waals surface area contributed by atoms with Gasteiger partial charge in [0.1, 0.15) is 17.8 Å². The fourth-order valence-corrected chi connectivity index (χ4v) is 9.05. The number of hydrogen-bond acceptors (Lipinski definition) is 11. The first-order valence-corrected chi connectivity index (χ1v) is 22.1. The number of rotatable bonds is 10. The van der Waals surface area contributed by atoms with Crippen molar-refractivity contribution in [3.63, 3.8) is 0 Å². The number of hydrogen-bond donors (Lipinski definition) is 3. The van der Waals surface area contributed by atoms with Crippen LogP contribution in [0.3, 0.4) is 0 Å². The molecule has 3 fully saturated rings.